The van der Waals surface area contributed by atoms with Crippen molar-refractivity contribution >= 4 is 24.1 Å². The highest BCUT2D eigenvalue weighted by molar-refractivity contribution is 5.79. The van der Waals surface area contributed by atoms with E-state index in [-0.39, 0.29) is 48.8 Å². The topological polar surface area (TPSA) is 137 Å². The Kier molecular flexibility index (Phi) is 13.8. The second-order valence-electron chi connectivity index (χ2n) is 10.2. The molecule has 1 aromatic rings. The van der Waals surface area contributed by atoms with E-state index < -0.39 is 42.1 Å². The first-order valence-electron chi connectivity index (χ1n) is 13.1. The Morgan fingerprint density at radius 2 is 1.42 bits per heavy atom. The van der Waals surface area contributed by atoms with Gasteiger partial charge in [-0.05, 0) is 49.3 Å². The van der Waals surface area contributed by atoms with E-state index in [1.54, 1.807) is 26.8 Å². The highest BCUT2D eigenvalue weighted by atomic mass is 16.7. The Bertz CT molecular complexity index is 944. The van der Waals surface area contributed by atoms with Crippen molar-refractivity contribution in [1.82, 2.24) is 5.32 Å². The van der Waals surface area contributed by atoms with E-state index in [0.29, 0.717) is 12.0 Å². The molecule has 1 aromatic carbocycles. The Balaban J connectivity index is 3.08. The minimum absolute atomic E-state index is 0.0294. The first-order chi connectivity index (χ1) is 17.8. The molecule has 2 N–H and O–H groups in total. The van der Waals surface area contributed by atoms with Crippen molar-refractivity contribution < 1.29 is 43.2 Å². The predicted octanol–water partition coefficient (Wildman–Crippen LogP) is 4.62. The van der Waals surface area contributed by atoms with Crippen LogP contribution in [-0.4, -0.2) is 54.5 Å². The maximum atomic E-state index is 12.7. The predicted molar refractivity (Wildman–Crippen MR) is 141 cm³/mol. The molecular formula is C28H43NO9. The number of aliphatic carboxylic acids is 1. The second kappa shape index (κ2) is 16.0. The van der Waals surface area contributed by atoms with Crippen molar-refractivity contribution in [3.63, 3.8) is 0 Å². The maximum Gasteiger partial charge on any atom is 0.508 e. The molecule has 0 fully saturated rings. The van der Waals surface area contributed by atoms with E-state index in [4.69, 9.17) is 18.9 Å². The van der Waals surface area contributed by atoms with Gasteiger partial charge in [0.25, 0.3) is 0 Å². The number of carboxylic acid groups (broad SMARTS) is 1. The molecule has 0 amide bonds. The monoisotopic (exact) mass is 537 g/mol. The molecule has 10 nitrogen and oxygen atoms in total. The third-order valence-corrected chi connectivity index (χ3v) is 6.28. The van der Waals surface area contributed by atoms with Crippen molar-refractivity contribution in [2.24, 2.45) is 23.7 Å². The number of carboxylic acids is 1. The number of ether oxygens (including phenoxy) is 4. The summed E-state index contributed by atoms with van der Waals surface area (Å²) in [6.45, 7) is 14.9. The van der Waals surface area contributed by atoms with Gasteiger partial charge in [0.15, 0.2) is 11.5 Å². The number of esters is 2. The maximum absolute atomic E-state index is 12.7. The van der Waals surface area contributed by atoms with Crippen LogP contribution in [0.4, 0.5) is 4.79 Å². The largest absolute Gasteiger partial charge is 0.508 e. The normalized spacial score (nSPS) is 14.4. The SMILES string of the molecule is CCCOC(=O)OC(C)CN[C@@H](Cc1ccc(OC(=O)C(C)C(C)C)c(OC(=O)C(C)C(C)C)c1)C(=O)O. The first-order valence-corrected chi connectivity index (χ1v) is 13.1. The van der Waals surface area contributed by atoms with Crippen LogP contribution in [0.3, 0.4) is 0 Å². The minimum atomic E-state index is -1.11. The van der Waals surface area contributed by atoms with Crippen molar-refractivity contribution in [3.8, 4) is 11.5 Å². The molecule has 214 valence electrons. The Labute approximate surface area is 225 Å². The second-order valence-corrected chi connectivity index (χ2v) is 10.2. The molecule has 0 radical (unpaired) electrons. The lowest BCUT2D eigenvalue weighted by atomic mass is 9.98. The summed E-state index contributed by atoms with van der Waals surface area (Å²) in [5, 5.41) is 12.6. The molecule has 0 aliphatic heterocycles. The van der Waals surface area contributed by atoms with Gasteiger partial charge in [-0.25, -0.2) is 4.79 Å². The average molecular weight is 538 g/mol. The van der Waals surface area contributed by atoms with Gasteiger partial charge >= 0.3 is 24.1 Å². The summed E-state index contributed by atoms with van der Waals surface area (Å²) >= 11 is 0. The van der Waals surface area contributed by atoms with Crippen LogP contribution in [0.15, 0.2) is 18.2 Å². The van der Waals surface area contributed by atoms with Gasteiger partial charge in [-0.3, -0.25) is 14.4 Å². The van der Waals surface area contributed by atoms with E-state index in [1.807, 2.05) is 34.6 Å². The van der Waals surface area contributed by atoms with Crippen LogP contribution in [0, 0.1) is 23.7 Å². The first kappa shape index (κ1) is 32.9. The van der Waals surface area contributed by atoms with Gasteiger partial charge < -0.3 is 29.4 Å². The molecule has 0 aliphatic rings. The van der Waals surface area contributed by atoms with Gasteiger partial charge in [-0.2, -0.15) is 0 Å². The lowest BCUT2D eigenvalue weighted by molar-refractivity contribution is -0.142. The lowest BCUT2D eigenvalue weighted by Crippen LogP contribution is -2.42. The summed E-state index contributed by atoms with van der Waals surface area (Å²) in [6, 6.07) is 3.59. The van der Waals surface area contributed by atoms with Crippen molar-refractivity contribution in [2.45, 2.75) is 80.4 Å². The van der Waals surface area contributed by atoms with Crippen molar-refractivity contribution in [1.29, 1.82) is 0 Å². The molecule has 0 bridgehead atoms. The van der Waals surface area contributed by atoms with Crippen LogP contribution in [0.2, 0.25) is 0 Å². The standard InChI is InChI=1S/C28H43NO9/c1-9-12-35-28(34)36-18(6)15-29-22(25(30)31)13-21-10-11-23(37-26(32)19(7)16(2)3)24(14-21)38-27(33)20(8)17(4)5/h10-11,14,16-20,22,29H,9,12-13,15H2,1-8H3,(H,30,31)/t18?,19?,20?,22-/m0/s1. The van der Waals surface area contributed by atoms with Crippen LogP contribution in [0.1, 0.15) is 67.4 Å². The molecule has 3 unspecified atom stereocenters. The van der Waals surface area contributed by atoms with Crippen molar-refractivity contribution in [3.05, 3.63) is 23.8 Å². The van der Waals surface area contributed by atoms with E-state index in [9.17, 15) is 24.3 Å². The smallest absolute Gasteiger partial charge is 0.480 e. The summed E-state index contributed by atoms with van der Waals surface area (Å²) < 4.78 is 21.1. The number of carbonyl (C=O) groups is 4. The summed E-state index contributed by atoms with van der Waals surface area (Å²) in [5.41, 5.74) is 0.539. The van der Waals surface area contributed by atoms with E-state index in [0.717, 1.165) is 0 Å². The Morgan fingerprint density at radius 1 is 0.868 bits per heavy atom. The van der Waals surface area contributed by atoms with Gasteiger partial charge in [-0.1, -0.05) is 54.5 Å². The molecule has 1 rings (SSSR count). The van der Waals surface area contributed by atoms with Crippen LogP contribution < -0.4 is 14.8 Å². The van der Waals surface area contributed by atoms with Gasteiger partial charge in [0.2, 0.25) is 0 Å². The van der Waals surface area contributed by atoms with Crippen molar-refractivity contribution in [2.75, 3.05) is 13.2 Å². The highest BCUT2D eigenvalue weighted by Gasteiger charge is 2.25. The van der Waals surface area contributed by atoms with Crippen LogP contribution in [0.5, 0.6) is 11.5 Å². The molecule has 4 atom stereocenters. The lowest BCUT2D eigenvalue weighted by Gasteiger charge is -2.20. The number of carbonyl (C=O) groups excluding carboxylic acids is 3. The fraction of sp³-hybridized carbons (Fsp3) is 0.643. The fourth-order valence-corrected chi connectivity index (χ4v) is 3.01. The number of hydrogen-bond donors (Lipinski definition) is 2. The van der Waals surface area contributed by atoms with E-state index in [2.05, 4.69) is 5.32 Å². The fourth-order valence-electron chi connectivity index (χ4n) is 3.01. The molecule has 0 spiro atoms. The Morgan fingerprint density at radius 3 is 1.92 bits per heavy atom. The molecule has 0 aromatic heterocycles. The van der Waals surface area contributed by atoms with Crippen LogP contribution >= 0.6 is 0 Å². The quantitative estimate of drug-likeness (QED) is 0.241. The minimum Gasteiger partial charge on any atom is -0.480 e. The molecule has 10 heteroatoms. The van der Waals surface area contributed by atoms with Gasteiger partial charge in [0, 0.05) is 6.54 Å². The van der Waals surface area contributed by atoms with Gasteiger partial charge in [0.1, 0.15) is 12.1 Å². The number of benzene rings is 1. The third kappa shape index (κ3) is 11.1. The molecular weight excluding hydrogens is 494 g/mol. The number of hydrogen-bond acceptors (Lipinski definition) is 9. The molecule has 0 saturated heterocycles. The van der Waals surface area contributed by atoms with Crippen LogP contribution in [-0.2, 0) is 30.3 Å². The number of rotatable bonds is 15. The van der Waals surface area contributed by atoms with Crippen LogP contribution in [0.25, 0.3) is 0 Å². The zero-order valence-corrected chi connectivity index (χ0v) is 23.7. The summed E-state index contributed by atoms with van der Waals surface area (Å²) in [4.78, 5) is 48.8. The molecule has 0 heterocycles. The van der Waals surface area contributed by atoms with E-state index in [1.165, 1.54) is 12.1 Å². The van der Waals surface area contributed by atoms with Gasteiger partial charge in [-0.15, -0.1) is 0 Å². The Hall–Kier alpha value is -3.14. The number of nitrogens with one attached hydrogen (secondary N) is 1. The zero-order chi connectivity index (χ0) is 29.0. The van der Waals surface area contributed by atoms with E-state index >= 15 is 0 Å². The molecule has 0 saturated carbocycles. The summed E-state index contributed by atoms with van der Waals surface area (Å²) in [7, 11) is 0. The molecule has 38 heavy (non-hydrogen) atoms. The van der Waals surface area contributed by atoms with Gasteiger partial charge in [0.05, 0.1) is 18.4 Å². The molecule has 0 aliphatic carbocycles. The highest BCUT2D eigenvalue weighted by Crippen LogP contribution is 2.31. The summed E-state index contributed by atoms with van der Waals surface area (Å²) in [6.07, 6.45) is -0.749. The zero-order valence-electron chi connectivity index (χ0n) is 23.7. The average Bonchev–Trinajstić information content (AvgIpc) is 2.84. The summed E-state index contributed by atoms with van der Waals surface area (Å²) in [5.74, 6) is -2.63. The third-order valence-electron chi connectivity index (χ3n) is 6.28.